The van der Waals surface area contributed by atoms with Crippen LogP contribution in [0, 0.1) is 0 Å². The summed E-state index contributed by atoms with van der Waals surface area (Å²) in [7, 11) is 2.03. The lowest BCUT2D eigenvalue weighted by atomic mass is 10.2. The molecule has 0 bridgehead atoms. The predicted octanol–water partition coefficient (Wildman–Crippen LogP) is 2.90. The number of aryl methyl sites for hydroxylation is 1. The van der Waals surface area contributed by atoms with Gasteiger partial charge in [-0.15, -0.1) is 0 Å². The maximum absolute atomic E-state index is 12.2. The topological polar surface area (TPSA) is 46.5 Å². The Bertz CT molecular complexity index is 486. The van der Waals surface area contributed by atoms with Gasteiger partial charge in [0.05, 0.1) is 0 Å². The Morgan fingerprint density at radius 1 is 1.45 bits per heavy atom. The molecule has 0 aliphatic heterocycles. The lowest BCUT2D eigenvalue weighted by Crippen LogP contribution is -2.39. The predicted molar refractivity (Wildman–Crippen MR) is 87.7 cm³/mol. The molecule has 2 rings (SSSR count). The highest BCUT2D eigenvalue weighted by atomic mass is 16.6. The van der Waals surface area contributed by atoms with Crippen molar-refractivity contribution in [2.75, 3.05) is 13.1 Å². The van der Waals surface area contributed by atoms with Crippen LogP contribution in [0.1, 0.15) is 45.6 Å². The first-order valence-corrected chi connectivity index (χ1v) is 8.16. The first kappa shape index (κ1) is 16.9. The zero-order valence-corrected chi connectivity index (χ0v) is 14.3. The number of carbonyl (C=O) groups excluding carboxylic acids is 1. The molecule has 5 nitrogen and oxygen atoms in total. The minimum Gasteiger partial charge on any atom is -0.444 e. The standard InChI is InChI=1S/C17H29N3O2/c1-17(2,3)22-16(21)20(15-6-7-15)10-5-9-18-12-14-8-11-19(4)13-14/h8,11,13,15,18H,5-7,9-10,12H2,1-4H3. The fraction of sp³-hybridized carbons (Fsp3) is 0.706. The molecule has 22 heavy (non-hydrogen) atoms. The highest BCUT2D eigenvalue weighted by Crippen LogP contribution is 2.28. The summed E-state index contributed by atoms with van der Waals surface area (Å²) < 4.78 is 7.54. The van der Waals surface area contributed by atoms with Crippen LogP contribution in [-0.4, -0.2) is 40.3 Å². The highest BCUT2D eigenvalue weighted by molar-refractivity contribution is 5.69. The van der Waals surface area contributed by atoms with Crippen molar-refractivity contribution >= 4 is 6.09 Å². The zero-order chi connectivity index (χ0) is 16.2. The van der Waals surface area contributed by atoms with E-state index in [9.17, 15) is 4.79 Å². The van der Waals surface area contributed by atoms with Gasteiger partial charge in [0.2, 0.25) is 0 Å². The molecule has 1 amide bonds. The van der Waals surface area contributed by atoms with Crippen LogP contribution in [0.2, 0.25) is 0 Å². The monoisotopic (exact) mass is 307 g/mol. The second-order valence-electron chi connectivity index (χ2n) is 7.12. The van der Waals surface area contributed by atoms with Gasteiger partial charge in [-0.2, -0.15) is 0 Å². The molecule has 1 aliphatic carbocycles. The Kier molecular flexibility index (Phi) is 5.51. The van der Waals surface area contributed by atoms with E-state index in [1.807, 2.05) is 43.5 Å². The van der Waals surface area contributed by atoms with E-state index in [4.69, 9.17) is 4.74 Å². The van der Waals surface area contributed by atoms with Crippen molar-refractivity contribution in [3.8, 4) is 0 Å². The number of rotatable bonds is 7. The van der Waals surface area contributed by atoms with Gasteiger partial charge in [0.25, 0.3) is 0 Å². The molecule has 1 aliphatic rings. The van der Waals surface area contributed by atoms with Crippen LogP contribution >= 0.6 is 0 Å². The molecule has 1 fully saturated rings. The smallest absolute Gasteiger partial charge is 0.410 e. The zero-order valence-electron chi connectivity index (χ0n) is 14.3. The molecule has 5 heteroatoms. The first-order valence-electron chi connectivity index (χ1n) is 8.16. The number of ether oxygens (including phenoxy) is 1. The Balaban J connectivity index is 1.67. The van der Waals surface area contributed by atoms with Crippen LogP contribution < -0.4 is 5.32 Å². The number of amides is 1. The lowest BCUT2D eigenvalue weighted by molar-refractivity contribution is 0.0232. The second kappa shape index (κ2) is 7.18. The fourth-order valence-electron chi connectivity index (χ4n) is 2.40. The summed E-state index contributed by atoms with van der Waals surface area (Å²) in [6, 6.07) is 2.51. The number of aromatic nitrogens is 1. The molecule has 1 aromatic heterocycles. The van der Waals surface area contributed by atoms with E-state index in [2.05, 4.69) is 17.6 Å². The number of hydrogen-bond donors (Lipinski definition) is 1. The molecule has 0 radical (unpaired) electrons. The summed E-state index contributed by atoms with van der Waals surface area (Å²) in [5, 5.41) is 3.42. The van der Waals surface area contributed by atoms with Crippen molar-refractivity contribution < 1.29 is 9.53 Å². The lowest BCUT2D eigenvalue weighted by Gasteiger charge is -2.27. The van der Waals surface area contributed by atoms with Gasteiger partial charge in [0.1, 0.15) is 5.60 Å². The Labute approximate surface area is 133 Å². The average Bonchev–Trinajstić information content (AvgIpc) is 3.14. The molecule has 0 saturated heterocycles. The van der Waals surface area contributed by atoms with Gasteiger partial charge in [-0.3, -0.25) is 0 Å². The van der Waals surface area contributed by atoms with E-state index in [-0.39, 0.29) is 6.09 Å². The molecule has 1 aromatic rings. The van der Waals surface area contributed by atoms with E-state index in [1.54, 1.807) is 0 Å². The molecule has 0 spiro atoms. The van der Waals surface area contributed by atoms with Crippen LogP contribution in [0.4, 0.5) is 4.79 Å². The van der Waals surface area contributed by atoms with E-state index in [0.717, 1.165) is 38.9 Å². The van der Waals surface area contributed by atoms with E-state index >= 15 is 0 Å². The molecule has 0 aromatic carbocycles. The summed E-state index contributed by atoms with van der Waals surface area (Å²) in [6.45, 7) is 8.28. The van der Waals surface area contributed by atoms with Crippen LogP contribution in [-0.2, 0) is 18.3 Å². The van der Waals surface area contributed by atoms with Gasteiger partial charge in [0.15, 0.2) is 0 Å². The third-order valence-electron chi connectivity index (χ3n) is 3.59. The Hall–Kier alpha value is -1.49. The van der Waals surface area contributed by atoms with Gasteiger partial charge < -0.3 is 19.5 Å². The number of carbonyl (C=O) groups is 1. The summed E-state index contributed by atoms with van der Waals surface area (Å²) >= 11 is 0. The molecule has 0 unspecified atom stereocenters. The highest BCUT2D eigenvalue weighted by Gasteiger charge is 2.34. The van der Waals surface area contributed by atoms with Crippen LogP contribution in [0.5, 0.6) is 0 Å². The number of nitrogens with one attached hydrogen (secondary N) is 1. The first-order chi connectivity index (χ1) is 10.3. The normalized spacial score (nSPS) is 14.9. The Morgan fingerprint density at radius 3 is 2.73 bits per heavy atom. The molecular weight excluding hydrogens is 278 g/mol. The molecule has 1 N–H and O–H groups in total. The van der Waals surface area contributed by atoms with Crippen molar-refractivity contribution in [1.82, 2.24) is 14.8 Å². The second-order valence-corrected chi connectivity index (χ2v) is 7.12. The van der Waals surface area contributed by atoms with E-state index in [1.165, 1.54) is 5.56 Å². The third-order valence-corrected chi connectivity index (χ3v) is 3.59. The largest absolute Gasteiger partial charge is 0.444 e. The summed E-state index contributed by atoms with van der Waals surface area (Å²) in [5.74, 6) is 0. The molecular formula is C17H29N3O2. The summed E-state index contributed by atoms with van der Waals surface area (Å²) in [4.78, 5) is 14.1. The molecule has 124 valence electrons. The van der Waals surface area contributed by atoms with Gasteiger partial charge in [-0.1, -0.05) is 0 Å². The fourth-order valence-corrected chi connectivity index (χ4v) is 2.40. The van der Waals surface area contributed by atoms with E-state index < -0.39 is 5.60 Å². The van der Waals surface area contributed by atoms with Crippen molar-refractivity contribution in [3.63, 3.8) is 0 Å². The van der Waals surface area contributed by atoms with Crippen molar-refractivity contribution in [3.05, 3.63) is 24.0 Å². The van der Waals surface area contributed by atoms with Crippen LogP contribution in [0.3, 0.4) is 0 Å². The number of hydrogen-bond acceptors (Lipinski definition) is 3. The van der Waals surface area contributed by atoms with E-state index in [0.29, 0.717) is 6.04 Å². The minimum atomic E-state index is -0.421. The minimum absolute atomic E-state index is 0.168. The van der Waals surface area contributed by atoms with Crippen LogP contribution in [0.15, 0.2) is 18.5 Å². The maximum Gasteiger partial charge on any atom is 0.410 e. The Morgan fingerprint density at radius 2 is 2.18 bits per heavy atom. The molecule has 1 saturated carbocycles. The maximum atomic E-state index is 12.2. The third kappa shape index (κ3) is 5.72. The van der Waals surface area contributed by atoms with Crippen molar-refractivity contribution in [2.24, 2.45) is 7.05 Å². The van der Waals surface area contributed by atoms with Crippen LogP contribution in [0.25, 0.3) is 0 Å². The number of nitrogens with zero attached hydrogens (tertiary/aromatic N) is 2. The van der Waals surface area contributed by atoms with Gasteiger partial charge in [0, 0.05) is 38.6 Å². The average molecular weight is 307 g/mol. The molecule has 0 atom stereocenters. The summed E-state index contributed by atoms with van der Waals surface area (Å²) in [5.41, 5.74) is 0.865. The van der Waals surface area contributed by atoms with Crippen molar-refractivity contribution in [2.45, 2.75) is 58.2 Å². The quantitative estimate of drug-likeness (QED) is 0.788. The van der Waals surface area contributed by atoms with Gasteiger partial charge >= 0.3 is 6.09 Å². The van der Waals surface area contributed by atoms with Gasteiger partial charge in [-0.05, 0) is 58.2 Å². The molecule has 1 heterocycles. The SMILES string of the molecule is Cn1ccc(CNCCCN(C(=O)OC(C)(C)C)C2CC2)c1. The van der Waals surface area contributed by atoms with Crippen molar-refractivity contribution in [1.29, 1.82) is 0 Å². The summed E-state index contributed by atoms with van der Waals surface area (Å²) in [6.07, 6.45) is 7.16. The van der Waals surface area contributed by atoms with Gasteiger partial charge in [-0.25, -0.2) is 4.79 Å².